The molecule has 2 saturated heterocycles. The van der Waals surface area contributed by atoms with E-state index in [-0.39, 0.29) is 6.03 Å². The van der Waals surface area contributed by atoms with E-state index in [1.54, 1.807) is 0 Å². The summed E-state index contributed by atoms with van der Waals surface area (Å²) < 4.78 is 0. The molecule has 0 aromatic heterocycles. The number of nitrogens with two attached hydrogens (primary N) is 1. The summed E-state index contributed by atoms with van der Waals surface area (Å²) in [5.41, 5.74) is 6.20. The first kappa shape index (κ1) is 11.3. The van der Waals surface area contributed by atoms with E-state index in [1.165, 1.54) is 19.4 Å². The molecular formula is C12H22N4O. The van der Waals surface area contributed by atoms with Gasteiger partial charge in [-0.15, -0.1) is 0 Å². The maximum absolute atomic E-state index is 11.5. The average molecular weight is 238 g/mol. The Morgan fingerprint density at radius 2 is 2.24 bits per heavy atom. The smallest absolute Gasteiger partial charge is 0.317 e. The van der Waals surface area contributed by atoms with Gasteiger partial charge < -0.3 is 16.0 Å². The van der Waals surface area contributed by atoms with E-state index in [0.29, 0.717) is 11.5 Å². The lowest BCUT2D eigenvalue weighted by atomic mass is 10.0. The fourth-order valence-corrected chi connectivity index (χ4v) is 3.26. The molecule has 0 bridgehead atoms. The zero-order valence-electron chi connectivity index (χ0n) is 10.3. The molecule has 0 aromatic rings. The van der Waals surface area contributed by atoms with Crippen LogP contribution in [0.3, 0.4) is 0 Å². The quantitative estimate of drug-likeness (QED) is 0.714. The lowest BCUT2D eigenvalue weighted by Crippen LogP contribution is -2.53. The van der Waals surface area contributed by atoms with Crippen molar-refractivity contribution < 1.29 is 4.79 Å². The van der Waals surface area contributed by atoms with E-state index in [4.69, 9.17) is 5.73 Å². The highest BCUT2D eigenvalue weighted by Crippen LogP contribution is 2.49. The van der Waals surface area contributed by atoms with Crippen molar-refractivity contribution in [1.82, 2.24) is 15.1 Å². The van der Waals surface area contributed by atoms with Crippen molar-refractivity contribution in [2.45, 2.75) is 25.3 Å². The van der Waals surface area contributed by atoms with Gasteiger partial charge in [0.2, 0.25) is 0 Å². The number of carbonyl (C=O) groups is 1. The number of nitrogens with zero attached hydrogens (tertiary/aromatic N) is 2. The topological polar surface area (TPSA) is 61.6 Å². The summed E-state index contributed by atoms with van der Waals surface area (Å²) >= 11 is 0. The molecule has 2 amide bonds. The van der Waals surface area contributed by atoms with Crippen LogP contribution in [0.15, 0.2) is 0 Å². The van der Waals surface area contributed by atoms with Crippen LogP contribution in [0, 0.1) is 5.41 Å². The molecule has 5 nitrogen and oxygen atoms in total. The number of amides is 2. The molecule has 3 aliphatic rings. The predicted octanol–water partition coefficient (Wildman–Crippen LogP) is -0.175. The van der Waals surface area contributed by atoms with Crippen molar-refractivity contribution in [2.24, 2.45) is 11.1 Å². The van der Waals surface area contributed by atoms with Gasteiger partial charge in [0.1, 0.15) is 0 Å². The number of hydrogen-bond acceptors (Lipinski definition) is 3. The van der Waals surface area contributed by atoms with Crippen LogP contribution in [-0.2, 0) is 0 Å². The lowest BCUT2D eigenvalue weighted by Gasteiger charge is -2.38. The normalized spacial score (nSPS) is 31.2. The van der Waals surface area contributed by atoms with E-state index in [0.717, 1.165) is 39.1 Å². The van der Waals surface area contributed by atoms with Crippen molar-refractivity contribution in [2.75, 3.05) is 39.3 Å². The van der Waals surface area contributed by atoms with Gasteiger partial charge >= 0.3 is 6.03 Å². The highest BCUT2D eigenvalue weighted by molar-refractivity contribution is 5.77. The maximum atomic E-state index is 11.5. The first-order valence-corrected chi connectivity index (χ1v) is 6.69. The van der Waals surface area contributed by atoms with Gasteiger partial charge in [0.05, 0.1) is 6.04 Å². The zero-order valence-corrected chi connectivity index (χ0v) is 10.3. The Kier molecular flexibility index (Phi) is 2.75. The molecule has 1 unspecified atom stereocenters. The average Bonchev–Trinajstić information content (AvgIpc) is 2.96. The van der Waals surface area contributed by atoms with Gasteiger partial charge in [-0.1, -0.05) is 0 Å². The van der Waals surface area contributed by atoms with Crippen molar-refractivity contribution in [3.05, 3.63) is 0 Å². The SMILES string of the molecule is NCCC1(CN2CCN3C(=O)NCC3C2)CC1. The Balaban J connectivity index is 1.55. The first-order chi connectivity index (χ1) is 8.22. The fourth-order valence-electron chi connectivity index (χ4n) is 3.26. The lowest BCUT2D eigenvalue weighted by molar-refractivity contribution is 0.103. The molecule has 1 atom stereocenters. The molecule has 1 aliphatic carbocycles. The molecule has 1 saturated carbocycles. The van der Waals surface area contributed by atoms with Crippen molar-refractivity contribution in [3.63, 3.8) is 0 Å². The molecule has 96 valence electrons. The van der Waals surface area contributed by atoms with Crippen LogP contribution in [-0.4, -0.2) is 61.1 Å². The van der Waals surface area contributed by atoms with Crippen molar-refractivity contribution in [1.29, 1.82) is 0 Å². The minimum absolute atomic E-state index is 0.123. The van der Waals surface area contributed by atoms with Gasteiger partial charge in [0, 0.05) is 32.7 Å². The molecule has 0 aromatic carbocycles. The summed E-state index contributed by atoms with van der Waals surface area (Å²) in [6.07, 6.45) is 3.84. The number of rotatable bonds is 4. The Bertz CT molecular complexity index is 316. The van der Waals surface area contributed by atoms with Gasteiger partial charge in [-0.2, -0.15) is 0 Å². The number of hydrogen-bond donors (Lipinski definition) is 2. The second-order valence-corrected chi connectivity index (χ2v) is 5.81. The maximum Gasteiger partial charge on any atom is 0.317 e. The Morgan fingerprint density at radius 1 is 1.41 bits per heavy atom. The van der Waals surface area contributed by atoms with Crippen LogP contribution in [0.2, 0.25) is 0 Å². The van der Waals surface area contributed by atoms with Crippen LogP contribution < -0.4 is 11.1 Å². The predicted molar refractivity (Wildman–Crippen MR) is 65.7 cm³/mol. The summed E-state index contributed by atoms with van der Waals surface area (Å²) in [7, 11) is 0. The Labute approximate surface area is 102 Å². The monoisotopic (exact) mass is 238 g/mol. The Hall–Kier alpha value is -0.810. The number of nitrogens with one attached hydrogen (secondary N) is 1. The third-order valence-electron chi connectivity index (χ3n) is 4.51. The highest BCUT2D eigenvalue weighted by atomic mass is 16.2. The highest BCUT2D eigenvalue weighted by Gasteiger charge is 2.44. The van der Waals surface area contributed by atoms with Gasteiger partial charge in [-0.05, 0) is 31.2 Å². The fraction of sp³-hybridized carbons (Fsp3) is 0.917. The van der Waals surface area contributed by atoms with Crippen molar-refractivity contribution >= 4 is 6.03 Å². The molecule has 17 heavy (non-hydrogen) atoms. The third-order valence-corrected chi connectivity index (χ3v) is 4.51. The molecule has 3 rings (SSSR count). The van der Waals surface area contributed by atoms with Gasteiger partial charge in [0.15, 0.2) is 0 Å². The van der Waals surface area contributed by atoms with Crippen LogP contribution in [0.25, 0.3) is 0 Å². The van der Waals surface area contributed by atoms with Crippen LogP contribution in [0.1, 0.15) is 19.3 Å². The largest absolute Gasteiger partial charge is 0.336 e. The van der Waals surface area contributed by atoms with E-state index < -0.39 is 0 Å². The van der Waals surface area contributed by atoms with Crippen LogP contribution in [0.5, 0.6) is 0 Å². The van der Waals surface area contributed by atoms with Crippen LogP contribution >= 0.6 is 0 Å². The first-order valence-electron chi connectivity index (χ1n) is 6.69. The molecule has 0 spiro atoms. The molecule has 3 fully saturated rings. The van der Waals surface area contributed by atoms with E-state index in [1.807, 2.05) is 4.90 Å². The molecular weight excluding hydrogens is 216 g/mol. The summed E-state index contributed by atoms with van der Waals surface area (Å²) in [5, 5.41) is 2.93. The van der Waals surface area contributed by atoms with E-state index in [9.17, 15) is 4.79 Å². The Morgan fingerprint density at radius 3 is 2.94 bits per heavy atom. The number of urea groups is 1. The second-order valence-electron chi connectivity index (χ2n) is 5.81. The van der Waals surface area contributed by atoms with Gasteiger partial charge in [0.25, 0.3) is 0 Å². The van der Waals surface area contributed by atoms with Crippen molar-refractivity contribution in [3.8, 4) is 0 Å². The third kappa shape index (κ3) is 2.13. The van der Waals surface area contributed by atoms with E-state index in [2.05, 4.69) is 10.2 Å². The summed E-state index contributed by atoms with van der Waals surface area (Å²) in [4.78, 5) is 16.0. The molecule has 3 N–H and O–H groups in total. The summed E-state index contributed by atoms with van der Waals surface area (Å²) in [6, 6.07) is 0.516. The van der Waals surface area contributed by atoms with E-state index >= 15 is 0 Å². The summed E-state index contributed by atoms with van der Waals surface area (Å²) in [6.45, 7) is 5.75. The number of fused-ring (bicyclic) bond motifs is 1. The zero-order chi connectivity index (χ0) is 11.9. The second kappa shape index (κ2) is 4.14. The van der Waals surface area contributed by atoms with Crippen LogP contribution in [0.4, 0.5) is 4.79 Å². The molecule has 2 aliphatic heterocycles. The van der Waals surface area contributed by atoms with Gasteiger partial charge in [-0.3, -0.25) is 4.90 Å². The summed E-state index contributed by atoms with van der Waals surface area (Å²) in [5.74, 6) is 0. The van der Waals surface area contributed by atoms with Gasteiger partial charge in [-0.25, -0.2) is 4.79 Å². The molecule has 5 heteroatoms. The number of carbonyl (C=O) groups excluding carboxylic acids is 1. The minimum Gasteiger partial charge on any atom is -0.336 e. The number of piperazine rings is 1. The minimum atomic E-state index is 0.123. The standard InChI is InChI=1S/C12H22N4O/c13-4-3-12(1-2-12)9-15-5-6-16-10(8-15)7-14-11(16)17/h10H,1-9,13H2,(H,14,17). The molecule has 0 radical (unpaired) electrons. The molecule has 2 heterocycles.